The molecule has 2 fully saturated rings. The Kier molecular flexibility index (Phi) is 6.69. The summed E-state index contributed by atoms with van der Waals surface area (Å²) in [6.45, 7) is 18.2. The zero-order chi connectivity index (χ0) is 18.3. The predicted molar refractivity (Wildman–Crippen MR) is 105 cm³/mol. The first-order chi connectivity index (χ1) is 11.0. The average molecular weight is 395 g/mol. The van der Waals surface area contributed by atoms with E-state index in [9.17, 15) is 4.21 Å². The predicted octanol–water partition coefficient (Wildman–Crippen LogP) is 4.48. The smallest absolute Gasteiger partial charge is 0.200 e. The van der Waals surface area contributed by atoms with E-state index in [2.05, 4.69) is 41.5 Å². The second kappa shape index (κ2) is 7.68. The van der Waals surface area contributed by atoms with Crippen molar-refractivity contribution in [3.8, 4) is 0 Å². The first-order valence-electron chi connectivity index (χ1n) is 9.04. The number of rotatable bonds is 6. The molecular weight excluding hydrogens is 360 g/mol. The zero-order valence-corrected chi connectivity index (χ0v) is 19.0. The highest BCUT2D eigenvalue weighted by Gasteiger charge is 2.51. The van der Waals surface area contributed by atoms with Crippen molar-refractivity contribution in [3.05, 3.63) is 0 Å². The van der Waals surface area contributed by atoms with Gasteiger partial charge in [0, 0.05) is 6.61 Å². The van der Waals surface area contributed by atoms with Crippen molar-refractivity contribution in [2.45, 2.75) is 95.3 Å². The molecule has 24 heavy (non-hydrogen) atoms. The SMILES string of the molecule is CC(C)[Si](OC[C@H]1SS(=O)C[C@@H]2OC(C)(C)O[C@@H]21)(C(C)C)C(C)C. The summed E-state index contributed by atoms with van der Waals surface area (Å²) in [6.07, 6.45) is -0.107. The van der Waals surface area contributed by atoms with Crippen LogP contribution in [0.4, 0.5) is 0 Å². The quantitative estimate of drug-likeness (QED) is 0.491. The highest BCUT2D eigenvalue weighted by atomic mass is 33.1. The molecule has 0 N–H and O–H groups in total. The Balaban J connectivity index is 2.15. The summed E-state index contributed by atoms with van der Waals surface area (Å²) >= 11 is 0. The molecule has 2 heterocycles. The molecule has 4 atom stereocenters. The van der Waals surface area contributed by atoms with E-state index in [4.69, 9.17) is 13.9 Å². The molecule has 0 aliphatic carbocycles. The summed E-state index contributed by atoms with van der Waals surface area (Å²) < 4.78 is 31.0. The van der Waals surface area contributed by atoms with Gasteiger partial charge in [-0.1, -0.05) is 52.3 Å². The van der Waals surface area contributed by atoms with E-state index in [0.29, 0.717) is 29.0 Å². The molecular formula is C17H34O4S2Si. The van der Waals surface area contributed by atoms with Crippen LogP contribution in [0.25, 0.3) is 0 Å². The average Bonchev–Trinajstić information content (AvgIpc) is 2.71. The van der Waals surface area contributed by atoms with E-state index >= 15 is 0 Å². The van der Waals surface area contributed by atoms with Crippen LogP contribution in [-0.2, 0) is 23.7 Å². The largest absolute Gasteiger partial charge is 0.415 e. The minimum atomic E-state index is -1.92. The molecule has 1 unspecified atom stereocenters. The summed E-state index contributed by atoms with van der Waals surface area (Å²) in [5.74, 6) is -0.0400. The Bertz CT molecular complexity index is 446. The maximum atomic E-state index is 12.2. The molecule has 0 aromatic carbocycles. The fraction of sp³-hybridized carbons (Fsp3) is 1.00. The number of ether oxygens (including phenoxy) is 2. The maximum Gasteiger partial charge on any atom is 0.200 e. The fourth-order valence-corrected chi connectivity index (χ4v) is 13.4. The normalized spacial score (nSPS) is 33.5. The molecule has 2 aliphatic heterocycles. The summed E-state index contributed by atoms with van der Waals surface area (Å²) in [5.41, 5.74) is 1.64. The van der Waals surface area contributed by atoms with Crippen LogP contribution in [0.15, 0.2) is 0 Å². The van der Waals surface area contributed by atoms with Crippen molar-refractivity contribution < 1.29 is 18.1 Å². The molecule has 0 amide bonds. The Hall–Kier alpha value is 0.597. The van der Waals surface area contributed by atoms with Gasteiger partial charge in [0.15, 0.2) is 14.1 Å². The molecule has 2 aliphatic rings. The van der Waals surface area contributed by atoms with E-state index in [-0.39, 0.29) is 17.5 Å². The van der Waals surface area contributed by atoms with Crippen LogP contribution in [0, 0.1) is 0 Å². The van der Waals surface area contributed by atoms with E-state index in [0.717, 1.165) is 0 Å². The zero-order valence-electron chi connectivity index (χ0n) is 16.3. The molecule has 0 aromatic heterocycles. The maximum absolute atomic E-state index is 12.2. The molecule has 2 rings (SSSR count). The molecule has 0 spiro atoms. The number of hydrogen-bond donors (Lipinski definition) is 0. The van der Waals surface area contributed by atoms with Crippen LogP contribution >= 0.6 is 10.8 Å². The lowest BCUT2D eigenvalue weighted by Crippen LogP contribution is -2.51. The van der Waals surface area contributed by atoms with Crippen LogP contribution in [0.3, 0.4) is 0 Å². The summed E-state index contributed by atoms with van der Waals surface area (Å²) in [6, 6.07) is 0. The Labute approximate surface area is 154 Å². The minimum absolute atomic E-state index is 0.0270. The van der Waals surface area contributed by atoms with Gasteiger partial charge >= 0.3 is 0 Å². The number of hydrogen-bond acceptors (Lipinski definition) is 5. The second-order valence-corrected chi connectivity index (χ2v) is 17.3. The fourth-order valence-electron chi connectivity index (χ4n) is 4.52. The van der Waals surface area contributed by atoms with E-state index in [1.54, 1.807) is 0 Å². The van der Waals surface area contributed by atoms with Crippen LogP contribution in [0.2, 0.25) is 16.6 Å². The van der Waals surface area contributed by atoms with Gasteiger partial charge in [0.1, 0.15) is 12.2 Å². The van der Waals surface area contributed by atoms with Gasteiger partial charge in [-0.2, -0.15) is 0 Å². The van der Waals surface area contributed by atoms with Crippen LogP contribution in [0.5, 0.6) is 0 Å². The standard InChI is InChI=1S/C17H34O4S2Si/c1-11(2)24(12(3)4,13(5)6)19-9-15-16-14(10-23(18)22-15)20-17(7,8)21-16/h11-16H,9-10H2,1-8H3/t14-,15+,16-,23?/m0/s1. The molecule has 142 valence electrons. The van der Waals surface area contributed by atoms with Gasteiger partial charge in [-0.15, -0.1) is 0 Å². The van der Waals surface area contributed by atoms with Crippen molar-refractivity contribution in [3.63, 3.8) is 0 Å². The summed E-state index contributed by atoms with van der Waals surface area (Å²) in [5, 5.41) is 0.0782. The molecule has 0 bridgehead atoms. The molecule has 0 radical (unpaired) electrons. The van der Waals surface area contributed by atoms with E-state index in [1.807, 2.05) is 13.8 Å². The lowest BCUT2D eigenvalue weighted by atomic mass is 10.1. The van der Waals surface area contributed by atoms with E-state index < -0.39 is 23.9 Å². The Morgan fingerprint density at radius 3 is 2.17 bits per heavy atom. The number of fused-ring (bicyclic) bond motifs is 1. The van der Waals surface area contributed by atoms with Gasteiger partial charge in [0.05, 0.1) is 20.8 Å². The van der Waals surface area contributed by atoms with Crippen molar-refractivity contribution in [2.75, 3.05) is 12.4 Å². The molecule has 7 heteroatoms. The van der Waals surface area contributed by atoms with Crippen LogP contribution < -0.4 is 0 Å². The van der Waals surface area contributed by atoms with Gasteiger partial charge in [-0.05, 0) is 30.5 Å². The summed E-state index contributed by atoms with van der Waals surface area (Å²) in [4.78, 5) is 0. The monoisotopic (exact) mass is 394 g/mol. The first-order valence-corrected chi connectivity index (χ1v) is 13.9. The highest BCUT2D eigenvalue weighted by Crippen LogP contribution is 2.45. The third kappa shape index (κ3) is 4.12. The third-order valence-electron chi connectivity index (χ3n) is 5.32. The van der Waals surface area contributed by atoms with Crippen molar-refractivity contribution in [2.24, 2.45) is 0 Å². The van der Waals surface area contributed by atoms with Crippen molar-refractivity contribution in [1.29, 1.82) is 0 Å². The molecule has 0 saturated carbocycles. The van der Waals surface area contributed by atoms with Crippen molar-refractivity contribution >= 4 is 28.9 Å². The Morgan fingerprint density at radius 1 is 1.12 bits per heavy atom. The molecule has 0 aromatic rings. The third-order valence-corrected chi connectivity index (χ3v) is 14.7. The van der Waals surface area contributed by atoms with Gasteiger partial charge in [-0.25, -0.2) is 4.21 Å². The molecule has 2 saturated heterocycles. The van der Waals surface area contributed by atoms with Crippen LogP contribution in [0.1, 0.15) is 55.4 Å². The lowest BCUT2D eigenvalue weighted by Gasteiger charge is -2.43. The second-order valence-electron chi connectivity index (χ2n) is 8.37. The van der Waals surface area contributed by atoms with Gasteiger partial charge in [-0.3, -0.25) is 0 Å². The van der Waals surface area contributed by atoms with Crippen molar-refractivity contribution in [1.82, 2.24) is 0 Å². The molecule has 4 nitrogen and oxygen atoms in total. The van der Waals surface area contributed by atoms with Gasteiger partial charge in [0.2, 0.25) is 0 Å². The van der Waals surface area contributed by atoms with Gasteiger partial charge in [0.25, 0.3) is 0 Å². The topological polar surface area (TPSA) is 44.8 Å². The minimum Gasteiger partial charge on any atom is -0.415 e. The highest BCUT2D eigenvalue weighted by molar-refractivity contribution is 8.69. The summed E-state index contributed by atoms with van der Waals surface area (Å²) in [7, 11) is -1.35. The lowest BCUT2D eigenvalue weighted by molar-refractivity contribution is -0.144. The van der Waals surface area contributed by atoms with Crippen LogP contribution in [-0.4, -0.2) is 48.1 Å². The van der Waals surface area contributed by atoms with E-state index in [1.165, 1.54) is 10.8 Å². The van der Waals surface area contributed by atoms with Gasteiger partial charge < -0.3 is 13.9 Å². The first kappa shape index (κ1) is 20.9. The Morgan fingerprint density at radius 2 is 1.67 bits per heavy atom.